The van der Waals surface area contributed by atoms with Crippen molar-refractivity contribution in [1.29, 1.82) is 0 Å². The maximum atomic E-state index is 12.4. The molecule has 3 aromatic carbocycles. The summed E-state index contributed by atoms with van der Waals surface area (Å²) >= 11 is 6.02. The summed E-state index contributed by atoms with van der Waals surface area (Å²) in [6.45, 7) is 1.87. The van der Waals surface area contributed by atoms with Crippen molar-refractivity contribution in [2.24, 2.45) is 5.10 Å². The molecule has 0 bridgehead atoms. The third-order valence-corrected chi connectivity index (χ3v) is 4.37. The van der Waals surface area contributed by atoms with E-state index in [0.29, 0.717) is 16.1 Å². The Labute approximate surface area is 182 Å². The molecule has 0 atom stereocenters. The highest BCUT2D eigenvalue weighted by atomic mass is 35.5. The van der Waals surface area contributed by atoms with Crippen LogP contribution in [0.4, 0.5) is 5.69 Å². The number of nitro benzene ring substituents is 1. The third-order valence-electron chi connectivity index (χ3n) is 4.14. The number of nitrogens with zero attached hydrogens (tertiary/aromatic N) is 2. The van der Waals surface area contributed by atoms with Gasteiger partial charge in [0.15, 0.2) is 0 Å². The van der Waals surface area contributed by atoms with Crippen LogP contribution < -0.4 is 10.2 Å². The molecule has 31 heavy (non-hydrogen) atoms. The summed E-state index contributed by atoms with van der Waals surface area (Å²) in [5.74, 6) is -0.897. The third kappa shape index (κ3) is 5.74. The van der Waals surface area contributed by atoms with E-state index in [1.807, 2.05) is 13.0 Å². The Morgan fingerprint density at radius 3 is 2.48 bits per heavy atom. The molecule has 0 unspecified atom stereocenters. The second kappa shape index (κ2) is 9.64. The molecule has 3 rings (SSSR count). The molecule has 0 radical (unpaired) electrons. The number of halogens is 1. The number of hydrazone groups is 1. The predicted octanol–water partition coefficient (Wildman–Crippen LogP) is 4.54. The van der Waals surface area contributed by atoms with Gasteiger partial charge in [-0.05, 0) is 49.4 Å². The van der Waals surface area contributed by atoms with Crippen LogP contribution >= 0.6 is 11.6 Å². The molecule has 0 saturated heterocycles. The molecule has 0 aromatic heterocycles. The molecule has 1 amide bonds. The fraction of sp³-hybridized carbons (Fsp3) is 0.0455. The molecule has 9 heteroatoms. The Kier molecular flexibility index (Phi) is 6.74. The van der Waals surface area contributed by atoms with E-state index < -0.39 is 16.8 Å². The first-order valence-electron chi connectivity index (χ1n) is 9.00. The number of hydrogen-bond donors (Lipinski definition) is 1. The number of carbonyl (C=O) groups excluding carboxylic acids is 2. The van der Waals surface area contributed by atoms with Crippen molar-refractivity contribution in [1.82, 2.24) is 5.43 Å². The number of aryl methyl sites for hydroxylation is 1. The van der Waals surface area contributed by atoms with E-state index in [0.717, 1.165) is 5.56 Å². The van der Waals surface area contributed by atoms with Crippen molar-refractivity contribution in [3.63, 3.8) is 0 Å². The molecule has 0 aliphatic heterocycles. The predicted molar refractivity (Wildman–Crippen MR) is 116 cm³/mol. The lowest BCUT2D eigenvalue weighted by Gasteiger charge is -2.08. The Morgan fingerprint density at radius 2 is 1.81 bits per heavy atom. The van der Waals surface area contributed by atoms with Gasteiger partial charge in [0.05, 0.1) is 16.7 Å². The number of non-ortho nitro benzene ring substituents is 1. The van der Waals surface area contributed by atoms with Gasteiger partial charge in [-0.3, -0.25) is 14.9 Å². The Hall–Kier alpha value is -4.04. The smallest absolute Gasteiger partial charge is 0.343 e. The fourth-order valence-electron chi connectivity index (χ4n) is 2.60. The zero-order valence-electron chi connectivity index (χ0n) is 16.2. The molecule has 0 fully saturated rings. The first kappa shape index (κ1) is 21.7. The Bertz CT molecular complexity index is 1180. The van der Waals surface area contributed by atoms with Crippen molar-refractivity contribution in [2.45, 2.75) is 6.92 Å². The van der Waals surface area contributed by atoms with Crippen LogP contribution in [0.3, 0.4) is 0 Å². The van der Waals surface area contributed by atoms with E-state index in [1.54, 1.807) is 24.3 Å². The number of carbonyl (C=O) groups is 2. The first-order chi connectivity index (χ1) is 14.8. The Morgan fingerprint density at radius 1 is 1.06 bits per heavy atom. The van der Waals surface area contributed by atoms with Gasteiger partial charge in [-0.15, -0.1) is 0 Å². The van der Waals surface area contributed by atoms with Crippen LogP contribution in [0.15, 0.2) is 71.8 Å². The second-order valence-corrected chi connectivity index (χ2v) is 6.88. The molecular weight excluding hydrogens is 422 g/mol. The van der Waals surface area contributed by atoms with Crippen LogP contribution in [0, 0.1) is 17.0 Å². The lowest BCUT2D eigenvalue weighted by atomic mass is 10.1. The highest BCUT2D eigenvalue weighted by molar-refractivity contribution is 6.31. The van der Waals surface area contributed by atoms with Gasteiger partial charge >= 0.3 is 5.97 Å². The highest BCUT2D eigenvalue weighted by Crippen LogP contribution is 2.23. The van der Waals surface area contributed by atoms with Crippen LogP contribution in [0.25, 0.3) is 0 Å². The number of nitro groups is 1. The molecule has 0 heterocycles. The lowest BCUT2D eigenvalue weighted by molar-refractivity contribution is -0.384. The summed E-state index contributed by atoms with van der Waals surface area (Å²) in [7, 11) is 0. The van der Waals surface area contributed by atoms with Gasteiger partial charge in [-0.2, -0.15) is 5.10 Å². The van der Waals surface area contributed by atoms with Gasteiger partial charge in [0.1, 0.15) is 5.75 Å². The summed E-state index contributed by atoms with van der Waals surface area (Å²) in [6.07, 6.45) is 1.29. The van der Waals surface area contributed by atoms with Gasteiger partial charge in [-0.1, -0.05) is 29.3 Å². The summed E-state index contributed by atoms with van der Waals surface area (Å²) in [4.78, 5) is 34.7. The second-order valence-electron chi connectivity index (χ2n) is 6.44. The number of benzene rings is 3. The lowest BCUT2D eigenvalue weighted by Crippen LogP contribution is -2.17. The fourth-order valence-corrected chi connectivity index (χ4v) is 2.78. The van der Waals surface area contributed by atoms with Crippen LogP contribution in [0.2, 0.25) is 5.02 Å². The van der Waals surface area contributed by atoms with Crippen LogP contribution in [0.1, 0.15) is 31.8 Å². The summed E-state index contributed by atoms with van der Waals surface area (Å²) in [5, 5.41) is 14.9. The summed E-state index contributed by atoms with van der Waals surface area (Å²) in [6, 6.07) is 16.7. The largest absolute Gasteiger partial charge is 0.422 e. The zero-order chi connectivity index (χ0) is 22.4. The van der Waals surface area contributed by atoms with Gasteiger partial charge in [0.25, 0.3) is 11.6 Å². The monoisotopic (exact) mass is 437 g/mol. The van der Waals surface area contributed by atoms with Crippen LogP contribution in [-0.2, 0) is 0 Å². The normalized spacial score (nSPS) is 10.6. The molecule has 0 aliphatic carbocycles. The maximum absolute atomic E-state index is 12.4. The summed E-state index contributed by atoms with van der Waals surface area (Å²) < 4.78 is 5.45. The van der Waals surface area contributed by atoms with Crippen molar-refractivity contribution in [3.8, 4) is 5.75 Å². The van der Waals surface area contributed by atoms with Crippen molar-refractivity contribution < 1.29 is 19.2 Å². The quantitative estimate of drug-likeness (QED) is 0.200. The minimum atomic E-state index is -0.563. The van der Waals surface area contributed by atoms with Gasteiger partial charge in [0.2, 0.25) is 0 Å². The van der Waals surface area contributed by atoms with E-state index in [-0.39, 0.29) is 17.0 Å². The van der Waals surface area contributed by atoms with E-state index in [9.17, 15) is 19.7 Å². The van der Waals surface area contributed by atoms with Crippen molar-refractivity contribution >= 4 is 35.4 Å². The van der Waals surface area contributed by atoms with E-state index >= 15 is 0 Å². The molecule has 0 aliphatic rings. The van der Waals surface area contributed by atoms with Crippen molar-refractivity contribution in [3.05, 3.63) is 104 Å². The molecular formula is C22H16ClN3O5. The molecule has 1 N–H and O–H groups in total. The number of ether oxygens (including phenoxy) is 1. The molecule has 3 aromatic rings. The molecule has 0 saturated carbocycles. The molecule has 8 nitrogen and oxygen atoms in total. The number of nitrogens with one attached hydrogen (secondary N) is 1. The van der Waals surface area contributed by atoms with Gasteiger partial charge < -0.3 is 4.74 Å². The van der Waals surface area contributed by atoms with E-state index in [4.69, 9.17) is 16.3 Å². The standard InChI is InChI=1S/C22H16ClN3O5/c1-14-3-2-4-16(11-14)22(28)31-20-10-7-18(23)12-17(20)13-24-25-21(27)15-5-8-19(9-6-15)26(29)30/h2-13H,1H3,(H,25,27)/b24-13+. The average Bonchev–Trinajstić information content (AvgIpc) is 2.75. The van der Waals surface area contributed by atoms with Crippen LogP contribution in [-0.4, -0.2) is 23.0 Å². The average molecular weight is 438 g/mol. The maximum Gasteiger partial charge on any atom is 0.343 e. The first-order valence-corrected chi connectivity index (χ1v) is 9.37. The van der Waals surface area contributed by atoms with Crippen LogP contribution in [0.5, 0.6) is 5.75 Å². The molecule has 0 spiro atoms. The van der Waals surface area contributed by atoms with Gasteiger partial charge in [-0.25, -0.2) is 10.2 Å². The summed E-state index contributed by atoms with van der Waals surface area (Å²) in [5.41, 5.74) is 4.06. The Balaban J connectivity index is 1.72. The van der Waals surface area contributed by atoms with Gasteiger partial charge in [0, 0.05) is 28.3 Å². The number of amides is 1. The zero-order valence-corrected chi connectivity index (χ0v) is 17.0. The number of esters is 1. The topological polar surface area (TPSA) is 111 Å². The molecule has 156 valence electrons. The number of hydrogen-bond acceptors (Lipinski definition) is 6. The minimum absolute atomic E-state index is 0.126. The SMILES string of the molecule is Cc1cccc(C(=O)Oc2ccc(Cl)cc2/C=N/NC(=O)c2ccc([N+](=O)[O-])cc2)c1. The minimum Gasteiger partial charge on any atom is -0.422 e. The van der Waals surface area contributed by atoms with Crippen molar-refractivity contribution in [2.75, 3.05) is 0 Å². The van der Waals surface area contributed by atoms with E-state index in [2.05, 4.69) is 10.5 Å². The highest BCUT2D eigenvalue weighted by Gasteiger charge is 2.12. The number of rotatable bonds is 6. The van der Waals surface area contributed by atoms with E-state index in [1.165, 1.54) is 42.6 Å².